The highest BCUT2D eigenvalue weighted by molar-refractivity contribution is 6.19. The van der Waals surface area contributed by atoms with E-state index in [1.54, 1.807) is 24.1 Å². The number of amides is 4. The van der Waals surface area contributed by atoms with Gasteiger partial charge < -0.3 is 10.2 Å². The van der Waals surface area contributed by atoms with Crippen LogP contribution in [0.1, 0.15) is 52.7 Å². The maximum atomic E-state index is 13.2. The first-order chi connectivity index (χ1) is 18.4. The summed E-state index contributed by atoms with van der Waals surface area (Å²) >= 11 is 0. The van der Waals surface area contributed by atoms with E-state index in [1.165, 1.54) is 15.4 Å². The number of rotatable bonds is 9. The van der Waals surface area contributed by atoms with E-state index >= 15 is 0 Å². The van der Waals surface area contributed by atoms with Crippen LogP contribution in [0, 0.1) is 11.3 Å². The minimum atomic E-state index is -0.374. The van der Waals surface area contributed by atoms with Crippen LogP contribution in [-0.2, 0) is 29.2 Å². The molecule has 1 aromatic carbocycles. The zero-order chi connectivity index (χ0) is 28.5. The Morgan fingerprint density at radius 3 is 2.51 bits per heavy atom. The summed E-state index contributed by atoms with van der Waals surface area (Å²) in [5, 5.41) is 7.39. The number of anilines is 1. The standard InChI is InChI=1S/C30H38N6O3/c1-19(2)25(20(3)31-7)17-35-16-23(14-33-35)36-27(37)18-34(29(36)39)15-22-10-8-9-21(11-22)13-32-28(38)24-12-26(24)30(4,5)6/h8-12,14,16,24H,13,15,17-18H2,1-7H3,(H,32,38)/b31-20-. The van der Waals surface area contributed by atoms with E-state index in [9.17, 15) is 14.4 Å². The molecule has 0 radical (unpaired) electrons. The highest BCUT2D eigenvalue weighted by atomic mass is 16.2. The monoisotopic (exact) mass is 530 g/mol. The third-order valence-corrected chi connectivity index (χ3v) is 7.16. The van der Waals surface area contributed by atoms with Gasteiger partial charge in [-0.3, -0.25) is 19.3 Å². The van der Waals surface area contributed by atoms with Crippen LogP contribution >= 0.6 is 0 Å². The molecule has 0 bridgehead atoms. The third-order valence-electron chi connectivity index (χ3n) is 7.16. The first-order valence-corrected chi connectivity index (χ1v) is 13.2. The molecule has 2 aromatic rings. The van der Waals surface area contributed by atoms with Gasteiger partial charge >= 0.3 is 6.03 Å². The van der Waals surface area contributed by atoms with Crippen molar-refractivity contribution in [1.29, 1.82) is 0 Å². The number of allylic oxidation sites excluding steroid dienone is 2. The summed E-state index contributed by atoms with van der Waals surface area (Å²) in [5.74, 6) is -0.395. The van der Waals surface area contributed by atoms with Gasteiger partial charge in [-0.05, 0) is 42.9 Å². The summed E-state index contributed by atoms with van der Waals surface area (Å²) in [6, 6.07) is 7.35. The summed E-state index contributed by atoms with van der Waals surface area (Å²) in [4.78, 5) is 45.6. The zero-order valence-electron chi connectivity index (χ0n) is 23.9. The van der Waals surface area contributed by atoms with Gasteiger partial charge in [0.05, 0.1) is 24.3 Å². The number of nitrogens with zero attached hydrogens (tertiary/aromatic N) is 5. The molecule has 0 spiro atoms. The van der Waals surface area contributed by atoms with E-state index in [1.807, 2.05) is 51.1 Å². The van der Waals surface area contributed by atoms with Gasteiger partial charge in [0.25, 0.3) is 5.91 Å². The fraction of sp³-hybridized carbons (Fsp3) is 0.433. The molecule has 2 aliphatic rings. The van der Waals surface area contributed by atoms with Gasteiger partial charge in [0.15, 0.2) is 0 Å². The van der Waals surface area contributed by atoms with Crippen molar-refractivity contribution in [3.8, 4) is 0 Å². The van der Waals surface area contributed by atoms with E-state index in [4.69, 9.17) is 0 Å². The van der Waals surface area contributed by atoms with Gasteiger partial charge in [0.1, 0.15) is 6.54 Å². The Morgan fingerprint density at radius 2 is 1.87 bits per heavy atom. The van der Waals surface area contributed by atoms with Crippen LogP contribution in [0.15, 0.2) is 64.4 Å². The molecule has 1 aliphatic carbocycles. The molecule has 1 N–H and O–H groups in total. The molecule has 39 heavy (non-hydrogen) atoms. The lowest BCUT2D eigenvalue weighted by molar-refractivity contribution is -0.122. The third kappa shape index (κ3) is 6.35. The number of benzene rings is 1. The van der Waals surface area contributed by atoms with Crippen molar-refractivity contribution in [3.05, 3.63) is 70.6 Å². The second-order valence-electron chi connectivity index (χ2n) is 11.4. The van der Waals surface area contributed by atoms with E-state index < -0.39 is 0 Å². The molecule has 1 saturated heterocycles. The first kappa shape index (κ1) is 28.0. The smallest absolute Gasteiger partial charge is 0.332 e. The minimum Gasteiger partial charge on any atom is -0.351 e. The van der Waals surface area contributed by atoms with Gasteiger partial charge in [-0.15, -0.1) is 0 Å². The van der Waals surface area contributed by atoms with Crippen LogP contribution in [0.4, 0.5) is 10.5 Å². The summed E-state index contributed by atoms with van der Waals surface area (Å²) < 4.78 is 1.72. The Kier molecular flexibility index (Phi) is 7.90. The number of carbonyl (C=O) groups excluding carboxylic acids is 3. The van der Waals surface area contributed by atoms with Crippen molar-refractivity contribution in [2.45, 2.75) is 61.2 Å². The molecule has 9 nitrogen and oxygen atoms in total. The molecule has 4 rings (SSSR count). The Balaban J connectivity index is 1.37. The summed E-state index contributed by atoms with van der Waals surface area (Å²) in [6.07, 6.45) is 5.27. The number of urea groups is 1. The minimum absolute atomic E-state index is 0.00523. The largest absolute Gasteiger partial charge is 0.351 e. The van der Waals surface area contributed by atoms with Crippen LogP contribution in [0.25, 0.3) is 0 Å². The molecule has 4 amide bonds. The molecule has 1 aliphatic heterocycles. The highest BCUT2D eigenvalue weighted by Gasteiger charge is 2.39. The van der Waals surface area contributed by atoms with Crippen LogP contribution in [0.5, 0.6) is 0 Å². The maximum Gasteiger partial charge on any atom is 0.332 e. The number of nitrogens with one attached hydrogen (secondary N) is 1. The molecular formula is C30H38N6O3. The van der Waals surface area contributed by atoms with Crippen molar-refractivity contribution >= 4 is 29.2 Å². The number of hydrogen-bond donors (Lipinski definition) is 1. The van der Waals surface area contributed by atoms with Crippen LogP contribution in [0.2, 0.25) is 0 Å². The molecule has 0 saturated carbocycles. The maximum absolute atomic E-state index is 13.2. The Labute approximate surface area is 230 Å². The molecule has 9 heteroatoms. The van der Waals surface area contributed by atoms with Crippen molar-refractivity contribution in [2.75, 3.05) is 18.5 Å². The SMILES string of the molecule is C/N=C(/C)C(Cn1cc(N2C(=O)CN(Cc3cccc(CNC(=O)C4C=C4C(C)(C)C)c3)C2=O)cn1)=C(C)C. The highest BCUT2D eigenvalue weighted by Crippen LogP contribution is 2.43. The summed E-state index contributed by atoms with van der Waals surface area (Å²) in [7, 11) is 1.75. The fourth-order valence-electron chi connectivity index (χ4n) is 4.84. The van der Waals surface area contributed by atoms with Gasteiger partial charge in [-0.25, -0.2) is 9.69 Å². The average molecular weight is 531 g/mol. The van der Waals surface area contributed by atoms with Gasteiger partial charge in [-0.1, -0.05) is 62.3 Å². The Bertz CT molecular complexity index is 1390. The number of carbonyl (C=O) groups is 3. The lowest BCUT2D eigenvalue weighted by Crippen LogP contribution is -2.32. The fourth-order valence-corrected chi connectivity index (χ4v) is 4.84. The van der Waals surface area contributed by atoms with Gasteiger partial charge in [0.2, 0.25) is 5.91 Å². The van der Waals surface area contributed by atoms with Crippen LogP contribution < -0.4 is 10.2 Å². The summed E-state index contributed by atoms with van der Waals surface area (Å²) in [5.41, 5.74) is 6.58. The molecule has 1 unspecified atom stereocenters. The molecule has 1 atom stereocenters. The van der Waals surface area contributed by atoms with Crippen molar-refractivity contribution in [3.63, 3.8) is 0 Å². The van der Waals surface area contributed by atoms with E-state index in [0.717, 1.165) is 28.0 Å². The quantitative estimate of drug-likeness (QED) is 0.293. The predicted octanol–water partition coefficient (Wildman–Crippen LogP) is 4.50. The lowest BCUT2D eigenvalue weighted by atomic mass is 9.90. The second kappa shape index (κ2) is 11.0. The first-order valence-electron chi connectivity index (χ1n) is 13.2. The number of hydrogen-bond acceptors (Lipinski definition) is 5. The molecule has 1 aromatic heterocycles. The van der Waals surface area contributed by atoms with Crippen molar-refractivity contribution in [1.82, 2.24) is 20.0 Å². The normalized spacial score (nSPS) is 17.5. The van der Waals surface area contributed by atoms with Crippen LogP contribution in [0.3, 0.4) is 0 Å². The van der Waals surface area contributed by atoms with E-state index in [2.05, 4.69) is 36.2 Å². The molecule has 1 fully saturated rings. The zero-order valence-corrected chi connectivity index (χ0v) is 23.9. The average Bonchev–Trinajstić information content (AvgIpc) is 3.51. The molecular weight excluding hydrogens is 492 g/mol. The summed E-state index contributed by atoms with van der Waals surface area (Å²) in [6.45, 7) is 13.5. The number of imide groups is 1. The lowest BCUT2D eigenvalue weighted by Gasteiger charge is -2.17. The molecule has 2 heterocycles. The van der Waals surface area contributed by atoms with Crippen molar-refractivity contribution < 1.29 is 14.4 Å². The second-order valence-corrected chi connectivity index (χ2v) is 11.4. The molecule has 206 valence electrons. The Hall–Kier alpha value is -4.01. The van der Waals surface area contributed by atoms with Crippen molar-refractivity contribution in [2.24, 2.45) is 16.3 Å². The predicted molar refractivity (Wildman–Crippen MR) is 152 cm³/mol. The Morgan fingerprint density at radius 1 is 1.15 bits per heavy atom. The van der Waals surface area contributed by atoms with E-state index in [0.29, 0.717) is 25.3 Å². The number of aromatic nitrogens is 2. The van der Waals surface area contributed by atoms with Gasteiger partial charge in [0, 0.05) is 32.0 Å². The number of aliphatic imine (C=N–C) groups is 1. The van der Waals surface area contributed by atoms with E-state index in [-0.39, 0.29) is 35.7 Å². The topological polar surface area (TPSA) is 99.9 Å². The van der Waals surface area contributed by atoms with Gasteiger partial charge in [-0.2, -0.15) is 5.10 Å². The van der Waals surface area contributed by atoms with Crippen LogP contribution in [-0.4, -0.2) is 51.8 Å².